The molecule has 0 saturated carbocycles. The van der Waals surface area contributed by atoms with E-state index in [1.165, 1.54) is 18.3 Å². The van der Waals surface area contributed by atoms with Crippen molar-refractivity contribution in [2.24, 2.45) is 5.10 Å². The average Bonchev–Trinajstić information content (AvgIpc) is 2.80. The second-order valence-electron chi connectivity index (χ2n) is 6.85. The van der Waals surface area contributed by atoms with Gasteiger partial charge in [-0.05, 0) is 41.1 Å². The third-order valence-corrected chi connectivity index (χ3v) is 4.73. The van der Waals surface area contributed by atoms with Crippen LogP contribution in [-0.4, -0.2) is 28.3 Å². The summed E-state index contributed by atoms with van der Waals surface area (Å²) in [6.45, 7) is 0. The Bertz CT molecular complexity index is 1330. The van der Waals surface area contributed by atoms with Crippen molar-refractivity contribution in [3.05, 3.63) is 102 Å². The summed E-state index contributed by atoms with van der Waals surface area (Å²) in [6.07, 6.45) is 1.38. The number of amides is 1. The maximum atomic E-state index is 12.5. The highest BCUT2D eigenvalue weighted by atomic mass is 16.5. The molecule has 0 bridgehead atoms. The van der Waals surface area contributed by atoms with Crippen LogP contribution in [0.3, 0.4) is 0 Å². The maximum Gasteiger partial charge on any atom is 0.343 e. The van der Waals surface area contributed by atoms with Crippen LogP contribution in [0.1, 0.15) is 26.3 Å². The molecule has 0 aliphatic rings. The number of nitrogens with zero attached hydrogens (tertiary/aromatic N) is 1. The van der Waals surface area contributed by atoms with Crippen LogP contribution in [0.4, 0.5) is 0 Å². The Labute approximate surface area is 183 Å². The monoisotopic (exact) mass is 426 g/mol. The highest BCUT2D eigenvalue weighted by Gasteiger charge is 2.14. The number of aromatic hydroxyl groups is 2. The summed E-state index contributed by atoms with van der Waals surface area (Å²) in [6, 6.07) is 23.2. The molecular weight excluding hydrogens is 408 g/mol. The van der Waals surface area contributed by atoms with Gasteiger partial charge in [0.05, 0.1) is 17.3 Å². The third kappa shape index (κ3) is 4.41. The van der Waals surface area contributed by atoms with Crippen molar-refractivity contribution >= 4 is 28.9 Å². The number of esters is 1. The SMILES string of the molecule is O=C(Oc1ccc2ccccc2c1C=NNC(=O)c1ccc(O)cc1O)c1ccccc1. The lowest BCUT2D eigenvalue weighted by Crippen LogP contribution is -2.18. The van der Waals surface area contributed by atoms with Crippen molar-refractivity contribution in [2.45, 2.75) is 0 Å². The van der Waals surface area contributed by atoms with Crippen molar-refractivity contribution in [1.29, 1.82) is 0 Å². The quantitative estimate of drug-likeness (QED) is 0.192. The number of ether oxygens (including phenoxy) is 1. The fourth-order valence-corrected chi connectivity index (χ4v) is 3.16. The topological polar surface area (TPSA) is 108 Å². The maximum absolute atomic E-state index is 12.5. The van der Waals surface area contributed by atoms with Crippen LogP contribution in [0.25, 0.3) is 10.8 Å². The molecule has 0 atom stereocenters. The van der Waals surface area contributed by atoms with Gasteiger partial charge in [0.2, 0.25) is 0 Å². The average molecular weight is 426 g/mol. The number of hydrazone groups is 1. The molecule has 0 aliphatic heterocycles. The zero-order chi connectivity index (χ0) is 22.5. The van der Waals surface area contributed by atoms with E-state index in [0.717, 1.165) is 16.8 Å². The number of nitrogens with one attached hydrogen (secondary N) is 1. The fourth-order valence-electron chi connectivity index (χ4n) is 3.16. The van der Waals surface area contributed by atoms with Gasteiger partial charge in [0.1, 0.15) is 17.2 Å². The van der Waals surface area contributed by atoms with Gasteiger partial charge in [-0.2, -0.15) is 5.10 Å². The van der Waals surface area contributed by atoms with Gasteiger partial charge in [-0.1, -0.05) is 48.5 Å². The first-order valence-corrected chi connectivity index (χ1v) is 9.67. The highest BCUT2D eigenvalue weighted by Crippen LogP contribution is 2.27. The Balaban J connectivity index is 1.63. The van der Waals surface area contributed by atoms with Crippen LogP contribution in [0.2, 0.25) is 0 Å². The Kier molecular flexibility index (Phi) is 5.81. The first kappa shape index (κ1) is 20.6. The lowest BCUT2D eigenvalue weighted by atomic mass is 10.0. The molecule has 3 N–H and O–H groups in total. The molecule has 0 heterocycles. The van der Waals surface area contributed by atoms with Gasteiger partial charge in [-0.25, -0.2) is 10.2 Å². The molecule has 0 saturated heterocycles. The van der Waals surface area contributed by atoms with Crippen molar-refractivity contribution < 1.29 is 24.5 Å². The molecule has 4 rings (SSSR count). The zero-order valence-corrected chi connectivity index (χ0v) is 16.7. The number of rotatable bonds is 5. The van der Waals surface area contributed by atoms with Crippen molar-refractivity contribution in [1.82, 2.24) is 5.43 Å². The Morgan fingerprint density at radius 1 is 0.875 bits per heavy atom. The van der Waals surface area contributed by atoms with Gasteiger partial charge in [0.25, 0.3) is 5.91 Å². The number of phenolic OH excluding ortho intramolecular Hbond substituents is 2. The summed E-state index contributed by atoms with van der Waals surface area (Å²) in [5.74, 6) is -1.44. The number of carbonyl (C=O) groups is 2. The smallest absolute Gasteiger partial charge is 0.343 e. The molecule has 0 aromatic heterocycles. The number of hydrogen-bond donors (Lipinski definition) is 3. The van der Waals surface area contributed by atoms with Crippen LogP contribution in [-0.2, 0) is 0 Å². The molecule has 7 heteroatoms. The van der Waals surface area contributed by atoms with E-state index in [1.54, 1.807) is 36.4 Å². The van der Waals surface area contributed by atoms with Gasteiger partial charge < -0.3 is 14.9 Å². The van der Waals surface area contributed by atoms with E-state index in [9.17, 15) is 19.8 Å². The van der Waals surface area contributed by atoms with Gasteiger partial charge in [-0.3, -0.25) is 4.79 Å². The summed E-state index contributed by atoms with van der Waals surface area (Å²) < 4.78 is 5.60. The number of fused-ring (bicyclic) bond motifs is 1. The zero-order valence-electron chi connectivity index (χ0n) is 16.7. The standard InChI is InChI=1S/C25H18N2O5/c28-18-11-12-20(22(29)14-18)24(30)27-26-15-21-19-9-5-4-6-16(19)10-13-23(21)32-25(31)17-7-2-1-3-8-17/h1-15,28-29H,(H,27,30). The lowest BCUT2D eigenvalue weighted by Gasteiger charge is -2.10. The number of hydrogen-bond acceptors (Lipinski definition) is 6. The van der Waals surface area contributed by atoms with Crippen LogP contribution in [0.5, 0.6) is 17.2 Å². The van der Waals surface area contributed by atoms with Gasteiger partial charge >= 0.3 is 5.97 Å². The summed E-state index contributed by atoms with van der Waals surface area (Å²) in [4.78, 5) is 24.9. The molecule has 4 aromatic carbocycles. The van der Waals surface area contributed by atoms with Crippen LogP contribution >= 0.6 is 0 Å². The second-order valence-corrected chi connectivity index (χ2v) is 6.85. The second kappa shape index (κ2) is 9.01. The van der Waals surface area contributed by atoms with E-state index >= 15 is 0 Å². The van der Waals surface area contributed by atoms with E-state index in [-0.39, 0.29) is 22.8 Å². The first-order valence-electron chi connectivity index (χ1n) is 9.67. The summed E-state index contributed by atoms with van der Waals surface area (Å²) >= 11 is 0. The normalized spacial score (nSPS) is 10.9. The fraction of sp³-hybridized carbons (Fsp3) is 0. The predicted octanol–water partition coefficient (Wildman–Crippen LogP) is 4.23. The molecule has 4 aromatic rings. The van der Waals surface area contributed by atoms with Gasteiger partial charge in [0.15, 0.2) is 0 Å². The van der Waals surface area contributed by atoms with Gasteiger partial charge in [0, 0.05) is 11.6 Å². The number of phenols is 2. The van der Waals surface area contributed by atoms with Crippen molar-refractivity contribution in [3.8, 4) is 17.2 Å². The Morgan fingerprint density at radius 2 is 1.62 bits per heavy atom. The van der Waals surface area contributed by atoms with E-state index in [1.807, 2.05) is 30.3 Å². The lowest BCUT2D eigenvalue weighted by molar-refractivity contribution is 0.0734. The molecule has 0 aliphatic carbocycles. The molecule has 32 heavy (non-hydrogen) atoms. The molecule has 0 spiro atoms. The minimum absolute atomic E-state index is 0.0476. The number of carbonyl (C=O) groups excluding carboxylic acids is 2. The van der Waals surface area contributed by atoms with Crippen LogP contribution < -0.4 is 10.2 Å². The Morgan fingerprint density at radius 3 is 2.41 bits per heavy atom. The molecule has 7 nitrogen and oxygen atoms in total. The first-order chi connectivity index (χ1) is 15.5. The Hall–Kier alpha value is -4.65. The molecule has 0 radical (unpaired) electrons. The highest BCUT2D eigenvalue weighted by molar-refractivity contribution is 6.04. The molecular formula is C25H18N2O5. The van der Waals surface area contributed by atoms with Crippen LogP contribution in [0, 0.1) is 0 Å². The van der Waals surface area contributed by atoms with E-state index in [0.29, 0.717) is 11.1 Å². The third-order valence-electron chi connectivity index (χ3n) is 4.73. The van der Waals surface area contributed by atoms with Crippen LogP contribution in [0.15, 0.2) is 90.0 Å². The van der Waals surface area contributed by atoms with E-state index in [2.05, 4.69) is 10.5 Å². The molecule has 0 unspecified atom stereocenters. The van der Waals surface area contributed by atoms with E-state index in [4.69, 9.17) is 4.74 Å². The largest absolute Gasteiger partial charge is 0.508 e. The molecule has 1 amide bonds. The summed E-state index contributed by atoms with van der Waals surface area (Å²) in [5, 5.41) is 24.9. The van der Waals surface area contributed by atoms with E-state index < -0.39 is 11.9 Å². The summed E-state index contributed by atoms with van der Waals surface area (Å²) in [5.41, 5.74) is 3.19. The minimum atomic E-state index is -0.665. The summed E-state index contributed by atoms with van der Waals surface area (Å²) in [7, 11) is 0. The molecule has 158 valence electrons. The van der Waals surface area contributed by atoms with Crippen molar-refractivity contribution in [2.75, 3.05) is 0 Å². The van der Waals surface area contributed by atoms with Crippen molar-refractivity contribution in [3.63, 3.8) is 0 Å². The molecule has 0 fully saturated rings. The number of benzene rings is 4. The predicted molar refractivity (Wildman–Crippen MR) is 120 cm³/mol. The minimum Gasteiger partial charge on any atom is -0.508 e. The van der Waals surface area contributed by atoms with Gasteiger partial charge in [-0.15, -0.1) is 0 Å².